The molecule has 3 rings (SSSR count). The summed E-state index contributed by atoms with van der Waals surface area (Å²) in [5.74, 6) is -1.07. The van der Waals surface area contributed by atoms with Gasteiger partial charge in [-0.25, -0.2) is 19.1 Å². The Labute approximate surface area is 209 Å². The summed E-state index contributed by atoms with van der Waals surface area (Å²) in [6.07, 6.45) is 3.42. The first kappa shape index (κ1) is 26.6. The Kier molecular flexibility index (Phi) is 8.59. The van der Waals surface area contributed by atoms with Crippen molar-refractivity contribution in [2.24, 2.45) is 5.92 Å². The maximum Gasteiger partial charge on any atom is 0.281 e. The molecule has 0 radical (unpaired) electrons. The van der Waals surface area contributed by atoms with Crippen LogP contribution in [0, 0.1) is 11.7 Å². The van der Waals surface area contributed by atoms with Gasteiger partial charge in [0.25, 0.3) is 15.9 Å². The number of nitrogens with two attached hydrogens (primary N) is 1. The van der Waals surface area contributed by atoms with Crippen molar-refractivity contribution >= 4 is 21.7 Å². The van der Waals surface area contributed by atoms with Crippen LogP contribution >= 0.6 is 0 Å². The number of allylic oxidation sites excluding steroid dienone is 1. The number of anilines is 1. The summed E-state index contributed by atoms with van der Waals surface area (Å²) in [5.41, 5.74) is 6.12. The lowest BCUT2D eigenvalue weighted by atomic mass is 10.1. The minimum atomic E-state index is -4.31. The molecule has 0 saturated heterocycles. The zero-order valence-electron chi connectivity index (χ0n) is 20.1. The van der Waals surface area contributed by atoms with Gasteiger partial charge in [-0.2, -0.15) is 8.42 Å². The Morgan fingerprint density at radius 2 is 1.92 bits per heavy atom. The molecule has 0 atom stereocenters. The zero-order valence-corrected chi connectivity index (χ0v) is 20.9. The first-order valence-corrected chi connectivity index (χ1v) is 12.6. The van der Waals surface area contributed by atoms with Gasteiger partial charge in [-0.1, -0.05) is 32.1 Å². The van der Waals surface area contributed by atoms with Gasteiger partial charge >= 0.3 is 0 Å². The third kappa shape index (κ3) is 7.01. The molecule has 11 heteroatoms. The van der Waals surface area contributed by atoms with E-state index in [4.69, 9.17) is 15.2 Å². The predicted molar refractivity (Wildman–Crippen MR) is 134 cm³/mol. The van der Waals surface area contributed by atoms with Gasteiger partial charge < -0.3 is 15.2 Å². The number of hydrogen-bond acceptors (Lipinski definition) is 8. The second-order valence-electron chi connectivity index (χ2n) is 8.15. The van der Waals surface area contributed by atoms with Crippen molar-refractivity contribution in [1.29, 1.82) is 0 Å². The number of amides is 1. The number of halogens is 1. The fraction of sp³-hybridized carbons (Fsp3) is 0.240. The molecule has 190 valence electrons. The van der Waals surface area contributed by atoms with Crippen molar-refractivity contribution < 1.29 is 27.1 Å². The van der Waals surface area contributed by atoms with Crippen LogP contribution in [-0.4, -0.2) is 37.5 Å². The monoisotopic (exact) mass is 514 g/mol. The number of carbonyl (C=O) groups is 1. The van der Waals surface area contributed by atoms with E-state index in [1.807, 2.05) is 18.6 Å². The first-order chi connectivity index (χ1) is 17.1. The Morgan fingerprint density at radius 3 is 2.61 bits per heavy atom. The van der Waals surface area contributed by atoms with Crippen LogP contribution in [-0.2, 0) is 10.0 Å². The van der Waals surface area contributed by atoms with Crippen LogP contribution in [0.15, 0.2) is 65.7 Å². The summed E-state index contributed by atoms with van der Waals surface area (Å²) < 4.78 is 52.8. The van der Waals surface area contributed by atoms with E-state index in [0.717, 1.165) is 0 Å². The molecule has 0 spiro atoms. The Balaban J connectivity index is 1.95. The maximum absolute atomic E-state index is 14.3. The van der Waals surface area contributed by atoms with Crippen LogP contribution in [0.3, 0.4) is 0 Å². The van der Waals surface area contributed by atoms with Gasteiger partial charge in [0.2, 0.25) is 5.88 Å². The Hall–Kier alpha value is -3.99. The average molecular weight is 515 g/mol. The molecular formula is C25H27FN4O5S. The van der Waals surface area contributed by atoms with E-state index in [9.17, 15) is 17.6 Å². The molecule has 3 N–H and O–H groups in total. The summed E-state index contributed by atoms with van der Waals surface area (Å²) in [4.78, 5) is 21.0. The number of nitrogens with zero attached hydrogens (tertiary/aromatic N) is 2. The molecule has 0 aliphatic rings. The zero-order chi connectivity index (χ0) is 26.3. The largest absolute Gasteiger partial charge is 0.493 e. The first-order valence-electron chi connectivity index (χ1n) is 11.1. The smallest absolute Gasteiger partial charge is 0.281 e. The summed E-state index contributed by atoms with van der Waals surface area (Å²) in [5, 5.41) is -0.412. The molecule has 2 aromatic heterocycles. The topological polar surface area (TPSA) is 134 Å². The third-order valence-electron chi connectivity index (χ3n) is 4.65. The number of carbonyl (C=O) groups excluding carboxylic acids is 1. The van der Waals surface area contributed by atoms with Gasteiger partial charge in [-0.3, -0.25) is 4.79 Å². The lowest BCUT2D eigenvalue weighted by molar-refractivity contribution is 0.0977. The van der Waals surface area contributed by atoms with E-state index >= 15 is 0 Å². The average Bonchev–Trinajstić information content (AvgIpc) is 2.82. The normalized spacial score (nSPS) is 11.6. The quantitative estimate of drug-likeness (QED) is 0.388. The summed E-state index contributed by atoms with van der Waals surface area (Å²) in [7, 11) is -4.31. The minimum absolute atomic E-state index is 0.0152. The van der Waals surface area contributed by atoms with E-state index < -0.39 is 26.8 Å². The van der Waals surface area contributed by atoms with Crippen LogP contribution in [0.4, 0.5) is 10.2 Å². The number of rotatable bonds is 10. The highest BCUT2D eigenvalue weighted by Crippen LogP contribution is 2.28. The number of benzene rings is 1. The number of hydrogen-bond donors (Lipinski definition) is 2. The van der Waals surface area contributed by atoms with Gasteiger partial charge in [-0.15, -0.1) is 0 Å². The lowest BCUT2D eigenvalue weighted by Gasteiger charge is -2.13. The predicted octanol–water partition coefficient (Wildman–Crippen LogP) is 3.97. The van der Waals surface area contributed by atoms with Gasteiger partial charge in [0.1, 0.15) is 29.6 Å². The molecule has 0 fully saturated rings. The minimum Gasteiger partial charge on any atom is -0.493 e. The van der Waals surface area contributed by atoms with Gasteiger partial charge in [0.15, 0.2) is 5.03 Å². The van der Waals surface area contributed by atoms with Gasteiger partial charge in [0, 0.05) is 11.6 Å². The molecule has 2 heterocycles. The molecule has 0 aliphatic heterocycles. The Bertz CT molecular complexity index is 1380. The van der Waals surface area contributed by atoms with Crippen LogP contribution in [0.25, 0.3) is 11.3 Å². The van der Waals surface area contributed by atoms with Crippen LogP contribution < -0.4 is 19.9 Å². The number of sulfonamides is 1. The SMILES string of the molecule is C/C=C/COc1nc(-c2cc(F)cc(OCC(C)C)c2)ccc1C(=O)NS(=O)(=O)c1cccc(N)n1. The van der Waals surface area contributed by atoms with E-state index in [2.05, 4.69) is 9.97 Å². The van der Waals surface area contributed by atoms with Crippen molar-refractivity contribution in [3.8, 4) is 22.9 Å². The van der Waals surface area contributed by atoms with E-state index in [1.54, 1.807) is 25.1 Å². The van der Waals surface area contributed by atoms with E-state index in [-0.39, 0.29) is 29.8 Å². The highest BCUT2D eigenvalue weighted by Gasteiger charge is 2.24. The number of aromatic nitrogens is 2. The fourth-order valence-corrected chi connectivity index (χ4v) is 3.92. The number of nitrogen functional groups attached to an aromatic ring is 1. The number of ether oxygens (including phenoxy) is 2. The number of nitrogens with one attached hydrogen (secondary N) is 1. The molecule has 0 unspecified atom stereocenters. The van der Waals surface area contributed by atoms with Gasteiger partial charge in [-0.05, 0) is 49.2 Å². The molecule has 1 amide bonds. The summed E-state index contributed by atoms with van der Waals surface area (Å²) in [6, 6.07) is 11.0. The van der Waals surface area contributed by atoms with Crippen LogP contribution in [0.1, 0.15) is 31.1 Å². The molecule has 36 heavy (non-hydrogen) atoms. The third-order valence-corrected chi connectivity index (χ3v) is 5.89. The lowest BCUT2D eigenvalue weighted by Crippen LogP contribution is -2.31. The molecule has 9 nitrogen and oxygen atoms in total. The molecule has 3 aromatic rings. The second kappa shape index (κ2) is 11.6. The van der Waals surface area contributed by atoms with E-state index in [0.29, 0.717) is 23.6 Å². The molecule has 0 saturated carbocycles. The molecule has 1 aromatic carbocycles. The standard InChI is InChI=1S/C25H27FN4O5S/c1-4-5-11-34-25-20(24(31)30-36(32,33)23-8-6-7-22(27)29-23)9-10-21(28-25)17-12-18(26)14-19(13-17)35-15-16(2)3/h4-10,12-14,16H,11,15H2,1-3H3,(H2,27,29)(H,30,31)/b5-4+. The van der Waals surface area contributed by atoms with Gasteiger partial charge in [0.05, 0.1) is 12.3 Å². The molecular weight excluding hydrogens is 487 g/mol. The Morgan fingerprint density at radius 1 is 1.14 bits per heavy atom. The maximum atomic E-state index is 14.3. The molecule has 0 aliphatic carbocycles. The van der Waals surface area contributed by atoms with E-state index in [1.165, 1.54) is 42.5 Å². The van der Waals surface area contributed by atoms with Crippen molar-refractivity contribution in [3.05, 3.63) is 72.1 Å². The van der Waals surface area contributed by atoms with Crippen molar-refractivity contribution in [3.63, 3.8) is 0 Å². The highest BCUT2D eigenvalue weighted by atomic mass is 32.2. The fourth-order valence-electron chi connectivity index (χ4n) is 2.97. The van der Waals surface area contributed by atoms with Crippen molar-refractivity contribution in [2.75, 3.05) is 18.9 Å². The second-order valence-corrected chi connectivity index (χ2v) is 9.77. The highest BCUT2D eigenvalue weighted by molar-refractivity contribution is 7.90. The molecule has 0 bridgehead atoms. The number of pyridine rings is 2. The van der Waals surface area contributed by atoms with Crippen molar-refractivity contribution in [2.45, 2.75) is 25.8 Å². The van der Waals surface area contributed by atoms with Crippen LogP contribution in [0.5, 0.6) is 11.6 Å². The summed E-state index contributed by atoms with van der Waals surface area (Å²) >= 11 is 0. The summed E-state index contributed by atoms with van der Waals surface area (Å²) in [6.45, 7) is 6.22. The van der Waals surface area contributed by atoms with Crippen LogP contribution in [0.2, 0.25) is 0 Å². The van der Waals surface area contributed by atoms with Crippen molar-refractivity contribution in [1.82, 2.24) is 14.7 Å².